The quantitative estimate of drug-likeness (QED) is 0.0773. The summed E-state index contributed by atoms with van der Waals surface area (Å²) in [4.78, 5) is 6.64. The Labute approximate surface area is 253 Å². The Morgan fingerprint density at radius 1 is 0.878 bits per heavy atom. The van der Waals surface area contributed by atoms with E-state index in [1.54, 1.807) is 0 Å². The molecule has 0 amide bonds. The van der Waals surface area contributed by atoms with Crippen LogP contribution in [0.5, 0.6) is 0 Å². The summed E-state index contributed by atoms with van der Waals surface area (Å²) in [5.41, 5.74) is 2.20. The number of rotatable bonds is 22. The van der Waals surface area contributed by atoms with E-state index >= 15 is 0 Å². The predicted molar refractivity (Wildman–Crippen MR) is 178 cm³/mol. The van der Waals surface area contributed by atoms with Gasteiger partial charge in [-0.3, -0.25) is 4.99 Å². The van der Waals surface area contributed by atoms with Gasteiger partial charge in [-0.05, 0) is 76.0 Å². The second kappa shape index (κ2) is 18.0. The molecule has 0 bridgehead atoms. The number of benzene rings is 1. The van der Waals surface area contributed by atoms with Crippen molar-refractivity contribution < 1.29 is 32.8 Å². The predicted octanol–water partition coefficient (Wildman–Crippen LogP) is 3.91. The molecule has 0 spiro atoms. The van der Waals surface area contributed by atoms with E-state index in [1.165, 1.54) is 0 Å². The molecule has 0 aliphatic carbocycles. The zero-order valence-corrected chi connectivity index (χ0v) is 30.4. The molecule has 0 saturated heterocycles. The molecule has 0 aliphatic heterocycles. The number of hydrogen-bond donors (Lipinski definition) is 3. The molecule has 238 valence electrons. The average Bonchev–Trinajstić information content (AvgIpc) is 2.81. The number of nitrogens with zero attached hydrogens (tertiary/aromatic N) is 3. The Morgan fingerprint density at radius 2 is 1.44 bits per heavy atom. The summed E-state index contributed by atoms with van der Waals surface area (Å²) in [6.45, 7) is 18.9. The normalized spacial score (nSPS) is 14.1. The molecule has 12 heteroatoms. The third kappa shape index (κ3) is 17.1. The van der Waals surface area contributed by atoms with Gasteiger partial charge in [0.25, 0.3) is 0 Å². The highest BCUT2D eigenvalue weighted by molar-refractivity contribution is 6.87. The van der Waals surface area contributed by atoms with Gasteiger partial charge in [0.15, 0.2) is 16.6 Å². The molecule has 0 saturated carbocycles. The first-order valence-corrected chi connectivity index (χ1v) is 24.4. The van der Waals surface area contributed by atoms with Gasteiger partial charge in [0.05, 0.1) is 26.4 Å². The minimum Gasteiger partial charge on any atom is -0.437 e. The number of aliphatic hydroxyl groups is 3. The highest BCUT2D eigenvalue weighted by atomic mass is 28.5. The number of aliphatic imine (C=N–C) groups is 1. The molecule has 1 atom stereocenters. The van der Waals surface area contributed by atoms with Crippen LogP contribution in [0.4, 0.5) is 5.69 Å². The van der Waals surface area contributed by atoms with E-state index in [-0.39, 0.29) is 19.8 Å². The summed E-state index contributed by atoms with van der Waals surface area (Å²) in [5, 5.41) is 30.4. The molecule has 0 aromatic heterocycles. The Bertz CT molecular complexity index is 854. The number of ether oxygens (including phenoxy) is 1. The van der Waals surface area contributed by atoms with Crippen LogP contribution in [0.3, 0.4) is 0 Å². The standard InChI is InChI=1S/C29H60N3O6Si3/c1-31(2)28-14-12-27(13-15-28)24-30-16-10-17-32(18-20-33,19-21-34)25-29(35)26-36-22-11-23-41(9,37-39(3,4)5)38-40(6,7)8/h12-15,24,29,33-35H,10-11,16-23,25-26H2,1-9H3/q+1. The molecule has 0 heterocycles. The van der Waals surface area contributed by atoms with Crippen molar-refractivity contribution in [3.05, 3.63) is 29.8 Å². The largest absolute Gasteiger partial charge is 0.437 e. The van der Waals surface area contributed by atoms with Crippen LogP contribution in [-0.2, 0) is 13.0 Å². The van der Waals surface area contributed by atoms with Crippen LogP contribution in [0.15, 0.2) is 29.3 Å². The highest BCUT2D eigenvalue weighted by Crippen LogP contribution is 2.25. The smallest absolute Gasteiger partial charge is 0.314 e. The molecule has 0 aliphatic rings. The maximum atomic E-state index is 10.8. The Kier molecular flexibility index (Phi) is 16.7. The van der Waals surface area contributed by atoms with Crippen molar-refractivity contribution in [1.29, 1.82) is 0 Å². The maximum Gasteiger partial charge on any atom is 0.314 e. The number of anilines is 1. The van der Waals surface area contributed by atoms with Crippen LogP contribution in [0, 0.1) is 0 Å². The molecule has 1 rings (SSSR count). The van der Waals surface area contributed by atoms with E-state index < -0.39 is 31.3 Å². The summed E-state index contributed by atoms with van der Waals surface area (Å²) in [6, 6.07) is 9.10. The number of hydrogen-bond acceptors (Lipinski definition) is 8. The third-order valence-corrected chi connectivity index (χ3v) is 16.2. The van der Waals surface area contributed by atoms with Crippen molar-refractivity contribution in [2.75, 3.05) is 78.1 Å². The molecular formula is C29H60N3O6Si3+. The Morgan fingerprint density at radius 3 is 1.93 bits per heavy atom. The van der Waals surface area contributed by atoms with Crippen molar-refractivity contribution in [3.63, 3.8) is 0 Å². The number of quaternary nitrogens is 1. The van der Waals surface area contributed by atoms with Crippen molar-refractivity contribution in [2.45, 2.75) is 70.8 Å². The topological polar surface area (TPSA) is 104 Å². The van der Waals surface area contributed by atoms with Gasteiger partial charge in [-0.1, -0.05) is 12.1 Å². The third-order valence-electron chi connectivity index (χ3n) is 6.59. The monoisotopic (exact) mass is 630 g/mol. The molecule has 9 nitrogen and oxygen atoms in total. The highest BCUT2D eigenvalue weighted by Gasteiger charge is 2.39. The molecule has 1 aromatic rings. The summed E-state index contributed by atoms with van der Waals surface area (Å²) in [7, 11) is -1.74. The van der Waals surface area contributed by atoms with E-state index in [0.717, 1.165) is 30.1 Å². The molecule has 1 aromatic carbocycles. The van der Waals surface area contributed by atoms with E-state index in [9.17, 15) is 15.3 Å². The van der Waals surface area contributed by atoms with E-state index in [2.05, 4.69) is 80.0 Å². The van der Waals surface area contributed by atoms with Gasteiger partial charge in [0.1, 0.15) is 25.7 Å². The van der Waals surface area contributed by atoms with Crippen LogP contribution in [0.2, 0.25) is 51.9 Å². The summed E-state index contributed by atoms with van der Waals surface area (Å²) in [5.74, 6) is 0. The van der Waals surface area contributed by atoms with Gasteiger partial charge in [0.2, 0.25) is 0 Å². The molecule has 0 fully saturated rings. The molecule has 3 N–H and O–H groups in total. The lowest BCUT2D eigenvalue weighted by molar-refractivity contribution is -0.931. The summed E-state index contributed by atoms with van der Waals surface area (Å²) < 4.78 is 19.5. The van der Waals surface area contributed by atoms with Crippen molar-refractivity contribution in [1.82, 2.24) is 0 Å². The van der Waals surface area contributed by atoms with Crippen LogP contribution < -0.4 is 4.90 Å². The van der Waals surface area contributed by atoms with E-state index in [4.69, 9.17) is 13.0 Å². The lowest BCUT2D eigenvalue weighted by Crippen LogP contribution is -2.56. The van der Waals surface area contributed by atoms with Crippen LogP contribution >= 0.6 is 0 Å². The summed E-state index contributed by atoms with van der Waals surface area (Å²) >= 11 is 0. The average molecular weight is 631 g/mol. The minimum absolute atomic E-state index is 0.00748. The second-order valence-corrected chi connectivity index (χ2v) is 26.3. The molecular weight excluding hydrogens is 571 g/mol. The van der Waals surface area contributed by atoms with Crippen molar-refractivity contribution in [2.24, 2.45) is 4.99 Å². The van der Waals surface area contributed by atoms with E-state index in [1.807, 2.05) is 20.3 Å². The SMILES string of the molecule is CN(C)c1ccc(C=NCCC[N+](CCO)(CCO)CC(O)COCCC[Si](C)(O[Si](C)(C)C)O[Si](C)(C)C)cc1. The van der Waals surface area contributed by atoms with Gasteiger partial charge >= 0.3 is 8.56 Å². The Hall–Kier alpha value is -0.939. The van der Waals surface area contributed by atoms with Crippen LogP contribution in [0.1, 0.15) is 18.4 Å². The van der Waals surface area contributed by atoms with Gasteiger partial charge in [-0.15, -0.1) is 0 Å². The molecule has 1 unspecified atom stereocenters. The molecule has 41 heavy (non-hydrogen) atoms. The Balaban J connectivity index is 2.60. The van der Waals surface area contributed by atoms with Crippen LogP contribution in [0.25, 0.3) is 0 Å². The first-order chi connectivity index (χ1) is 19.0. The van der Waals surface area contributed by atoms with Gasteiger partial charge in [-0.2, -0.15) is 0 Å². The van der Waals surface area contributed by atoms with E-state index in [0.29, 0.717) is 43.8 Å². The first kappa shape index (κ1) is 38.1. The lowest BCUT2D eigenvalue weighted by atomic mass is 10.2. The fourth-order valence-corrected chi connectivity index (χ4v) is 17.7. The van der Waals surface area contributed by atoms with Gasteiger partial charge in [0, 0.05) is 45.6 Å². The zero-order chi connectivity index (χ0) is 31.2. The maximum absolute atomic E-state index is 10.8. The minimum atomic E-state index is -2.30. The fourth-order valence-electron chi connectivity index (χ4n) is 5.19. The van der Waals surface area contributed by atoms with Gasteiger partial charge < -0.3 is 37.7 Å². The lowest BCUT2D eigenvalue weighted by Gasteiger charge is -2.39. The summed E-state index contributed by atoms with van der Waals surface area (Å²) in [6.07, 6.45) is 2.81. The van der Waals surface area contributed by atoms with Crippen LogP contribution in [-0.4, -0.2) is 131 Å². The van der Waals surface area contributed by atoms with Crippen molar-refractivity contribution >= 4 is 37.1 Å². The van der Waals surface area contributed by atoms with Gasteiger partial charge in [-0.25, -0.2) is 0 Å². The molecule has 0 radical (unpaired) electrons. The zero-order valence-electron chi connectivity index (χ0n) is 27.4. The fraction of sp³-hybridized carbons (Fsp3) is 0.759. The van der Waals surface area contributed by atoms with Crippen molar-refractivity contribution in [3.8, 4) is 0 Å². The second-order valence-electron chi connectivity index (χ2n) is 13.4. The number of aliphatic hydroxyl groups excluding tert-OH is 3. The first-order valence-electron chi connectivity index (χ1n) is 15.0.